The zero-order valence-corrected chi connectivity index (χ0v) is 10.7. The number of aryl methyl sites for hydroxylation is 1. The predicted octanol–water partition coefficient (Wildman–Crippen LogP) is 2.15. The van der Waals surface area contributed by atoms with Gasteiger partial charge in [-0.2, -0.15) is 0 Å². The van der Waals surface area contributed by atoms with E-state index in [1.165, 1.54) is 0 Å². The Balaban J connectivity index is 3.32. The first-order valence-electron chi connectivity index (χ1n) is 4.78. The molecule has 0 saturated carbocycles. The van der Waals surface area contributed by atoms with Gasteiger partial charge < -0.3 is 15.9 Å². The van der Waals surface area contributed by atoms with Crippen LogP contribution in [0.25, 0.3) is 0 Å². The summed E-state index contributed by atoms with van der Waals surface area (Å²) in [5, 5.41) is 19.7. The number of aliphatic hydroxyl groups excluding tert-OH is 1. The first-order chi connectivity index (χ1) is 6.86. The van der Waals surface area contributed by atoms with Crippen LogP contribution in [-0.4, -0.2) is 16.3 Å². The normalized spacial score (nSPS) is 15.1. The molecule has 0 heterocycles. The summed E-state index contributed by atoms with van der Waals surface area (Å²) in [4.78, 5) is 0. The summed E-state index contributed by atoms with van der Waals surface area (Å²) in [6, 6.07) is 1.48. The fourth-order valence-corrected chi connectivity index (χ4v) is 1.90. The number of hydrogen-bond donors (Lipinski definition) is 3. The highest BCUT2D eigenvalue weighted by Gasteiger charge is 2.19. The molecular formula is C11H16BrNO2. The SMILES string of the molecule is Cc1cc(C(O)C(C)N)c(C)c(O)c1Br. The molecule has 0 aliphatic heterocycles. The van der Waals surface area contributed by atoms with Crippen molar-refractivity contribution in [3.8, 4) is 5.75 Å². The molecule has 0 radical (unpaired) electrons. The van der Waals surface area contributed by atoms with Gasteiger partial charge in [0.1, 0.15) is 5.75 Å². The van der Waals surface area contributed by atoms with Gasteiger partial charge in [0.05, 0.1) is 10.6 Å². The van der Waals surface area contributed by atoms with Crippen molar-refractivity contribution in [2.45, 2.75) is 32.9 Å². The number of aromatic hydroxyl groups is 1. The molecule has 4 N–H and O–H groups in total. The van der Waals surface area contributed by atoms with Gasteiger partial charge in [0.2, 0.25) is 0 Å². The van der Waals surface area contributed by atoms with Crippen molar-refractivity contribution >= 4 is 15.9 Å². The molecule has 1 aromatic carbocycles. The van der Waals surface area contributed by atoms with E-state index in [1.54, 1.807) is 13.8 Å². The highest BCUT2D eigenvalue weighted by Crippen LogP contribution is 2.35. The van der Waals surface area contributed by atoms with Gasteiger partial charge in [0, 0.05) is 6.04 Å². The lowest BCUT2D eigenvalue weighted by Gasteiger charge is -2.19. The molecule has 2 unspecified atom stereocenters. The third kappa shape index (κ3) is 2.33. The summed E-state index contributed by atoms with van der Waals surface area (Å²) in [5.74, 6) is 0.171. The Kier molecular flexibility index (Phi) is 3.76. The van der Waals surface area contributed by atoms with Gasteiger partial charge >= 0.3 is 0 Å². The molecule has 1 rings (SSSR count). The van der Waals surface area contributed by atoms with E-state index < -0.39 is 6.10 Å². The summed E-state index contributed by atoms with van der Waals surface area (Å²) in [6.45, 7) is 5.36. The molecule has 1 aromatic rings. The Morgan fingerprint density at radius 2 is 1.93 bits per heavy atom. The third-order valence-corrected chi connectivity index (χ3v) is 3.53. The fraction of sp³-hybridized carbons (Fsp3) is 0.455. The minimum atomic E-state index is -0.747. The number of halogens is 1. The number of nitrogens with two attached hydrogens (primary N) is 1. The van der Waals surface area contributed by atoms with Gasteiger partial charge in [-0.3, -0.25) is 0 Å². The van der Waals surface area contributed by atoms with Crippen molar-refractivity contribution in [2.24, 2.45) is 5.73 Å². The Hall–Kier alpha value is -0.580. The first-order valence-corrected chi connectivity index (χ1v) is 5.57. The van der Waals surface area contributed by atoms with Crippen LogP contribution in [-0.2, 0) is 0 Å². The lowest BCUT2D eigenvalue weighted by molar-refractivity contribution is 0.152. The maximum atomic E-state index is 9.87. The van der Waals surface area contributed by atoms with Crippen molar-refractivity contribution in [3.05, 3.63) is 27.2 Å². The highest BCUT2D eigenvalue weighted by molar-refractivity contribution is 9.10. The van der Waals surface area contributed by atoms with E-state index in [2.05, 4.69) is 15.9 Å². The molecule has 0 aliphatic carbocycles. The van der Waals surface area contributed by atoms with Gasteiger partial charge in [0.15, 0.2) is 0 Å². The summed E-state index contributed by atoms with van der Waals surface area (Å²) in [6.07, 6.45) is -0.747. The largest absolute Gasteiger partial charge is 0.506 e. The van der Waals surface area contributed by atoms with Crippen LogP contribution >= 0.6 is 15.9 Å². The van der Waals surface area contributed by atoms with Crippen molar-refractivity contribution < 1.29 is 10.2 Å². The van der Waals surface area contributed by atoms with Crippen LogP contribution in [0.4, 0.5) is 0 Å². The van der Waals surface area contributed by atoms with Gasteiger partial charge in [-0.25, -0.2) is 0 Å². The molecule has 0 fully saturated rings. The van der Waals surface area contributed by atoms with Crippen LogP contribution in [0.3, 0.4) is 0 Å². The topological polar surface area (TPSA) is 66.5 Å². The average molecular weight is 274 g/mol. The van der Waals surface area contributed by atoms with Gasteiger partial charge in [-0.05, 0) is 53.4 Å². The highest BCUT2D eigenvalue weighted by atomic mass is 79.9. The van der Waals surface area contributed by atoms with E-state index in [-0.39, 0.29) is 11.8 Å². The number of rotatable bonds is 2. The third-order valence-electron chi connectivity index (χ3n) is 2.53. The predicted molar refractivity (Wildman–Crippen MR) is 63.9 cm³/mol. The van der Waals surface area contributed by atoms with Gasteiger partial charge in [-0.1, -0.05) is 6.07 Å². The maximum absolute atomic E-state index is 9.87. The minimum absolute atomic E-state index is 0.171. The second-order valence-corrected chi connectivity index (χ2v) is 4.67. The number of aliphatic hydroxyl groups is 1. The Labute approximate surface area is 98.1 Å². The van der Waals surface area contributed by atoms with Gasteiger partial charge in [-0.15, -0.1) is 0 Å². The van der Waals surface area contributed by atoms with Crippen LogP contribution < -0.4 is 5.73 Å². The van der Waals surface area contributed by atoms with Crippen LogP contribution in [0.1, 0.15) is 29.7 Å². The Morgan fingerprint density at radius 3 is 2.40 bits per heavy atom. The Morgan fingerprint density at radius 1 is 1.40 bits per heavy atom. The van der Waals surface area contributed by atoms with E-state index in [0.717, 1.165) is 5.56 Å². The summed E-state index contributed by atoms with van der Waals surface area (Å²) in [7, 11) is 0. The van der Waals surface area contributed by atoms with Gasteiger partial charge in [0.25, 0.3) is 0 Å². The molecule has 0 bridgehead atoms. The van der Waals surface area contributed by atoms with Crippen molar-refractivity contribution in [3.63, 3.8) is 0 Å². The molecule has 4 heteroatoms. The molecule has 0 spiro atoms. The standard InChI is InChI=1S/C11H16BrNO2/c1-5-4-8(11(15)7(3)13)6(2)10(14)9(5)12/h4,7,11,14-15H,13H2,1-3H3. The smallest absolute Gasteiger partial charge is 0.133 e. The van der Waals surface area contributed by atoms with E-state index >= 15 is 0 Å². The molecule has 0 aromatic heterocycles. The average Bonchev–Trinajstić information content (AvgIpc) is 2.19. The summed E-state index contributed by atoms with van der Waals surface area (Å²) < 4.78 is 0.667. The molecule has 0 saturated heterocycles. The lowest BCUT2D eigenvalue weighted by atomic mass is 9.96. The zero-order valence-electron chi connectivity index (χ0n) is 9.08. The molecule has 0 aliphatic rings. The number of benzene rings is 1. The number of phenols is 1. The molecule has 3 nitrogen and oxygen atoms in total. The van der Waals surface area contributed by atoms with E-state index in [9.17, 15) is 10.2 Å². The molecule has 15 heavy (non-hydrogen) atoms. The number of phenolic OH excluding ortho intramolecular Hbond substituents is 1. The maximum Gasteiger partial charge on any atom is 0.133 e. The molecular weight excluding hydrogens is 258 g/mol. The molecule has 2 atom stereocenters. The van der Waals surface area contributed by atoms with Crippen molar-refractivity contribution in [1.82, 2.24) is 0 Å². The van der Waals surface area contributed by atoms with Crippen molar-refractivity contribution in [2.75, 3.05) is 0 Å². The monoisotopic (exact) mass is 273 g/mol. The van der Waals surface area contributed by atoms with Crippen LogP contribution in [0.15, 0.2) is 10.5 Å². The number of hydrogen-bond acceptors (Lipinski definition) is 3. The van der Waals surface area contributed by atoms with E-state index in [4.69, 9.17) is 5.73 Å². The second kappa shape index (κ2) is 4.51. The summed E-state index contributed by atoms with van der Waals surface area (Å²) in [5.41, 5.74) is 7.86. The molecule has 84 valence electrons. The Bertz CT molecular complexity index is 377. The summed E-state index contributed by atoms with van der Waals surface area (Å²) >= 11 is 3.29. The second-order valence-electron chi connectivity index (χ2n) is 3.87. The molecule has 0 amide bonds. The minimum Gasteiger partial charge on any atom is -0.506 e. The van der Waals surface area contributed by atoms with Crippen molar-refractivity contribution in [1.29, 1.82) is 0 Å². The van der Waals surface area contributed by atoms with Crippen LogP contribution in [0.5, 0.6) is 5.75 Å². The van der Waals surface area contributed by atoms with Crippen LogP contribution in [0.2, 0.25) is 0 Å². The van der Waals surface area contributed by atoms with E-state index in [1.807, 2.05) is 13.0 Å². The van der Waals surface area contributed by atoms with E-state index in [0.29, 0.717) is 15.6 Å². The van der Waals surface area contributed by atoms with Crippen LogP contribution in [0, 0.1) is 13.8 Å². The quantitative estimate of drug-likeness (QED) is 0.774. The zero-order chi connectivity index (χ0) is 11.7. The fourth-order valence-electron chi connectivity index (χ4n) is 1.48. The lowest BCUT2D eigenvalue weighted by Crippen LogP contribution is -2.25. The first kappa shape index (κ1) is 12.5.